The van der Waals surface area contributed by atoms with Gasteiger partial charge in [0.25, 0.3) is 0 Å². The van der Waals surface area contributed by atoms with E-state index < -0.39 is 47.9 Å². The maximum Gasteiger partial charge on any atom is 0.417 e. The van der Waals surface area contributed by atoms with Gasteiger partial charge in [0.1, 0.15) is 24.1 Å². The van der Waals surface area contributed by atoms with Crippen LogP contribution in [0.5, 0.6) is 11.8 Å². The van der Waals surface area contributed by atoms with Gasteiger partial charge in [-0.1, -0.05) is 11.6 Å². The smallest absolute Gasteiger partial charge is 0.417 e. The van der Waals surface area contributed by atoms with E-state index in [2.05, 4.69) is 15.0 Å². The van der Waals surface area contributed by atoms with Crippen molar-refractivity contribution >= 4 is 28.6 Å². The zero-order chi connectivity index (χ0) is 23.2. The molecule has 4 atom stereocenters. The van der Waals surface area contributed by atoms with E-state index in [-0.39, 0.29) is 28.7 Å². The molecule has 0 radical (unpaired) electrons. The number of aliphatic hydroxyl groups excluding tert-OH is 2. The molecule has 1 aromatic carbocycles. The molecule has 172 valence electrons. The number of imidazole rings is 1. The van der Waals surface area contributed by atoms with Crippen LogP contribution in [0.25, 0.3) is 11.2 Å². The molecule has 3 heterocycles. The average molecular weight is 476 g/mol. The van der Waals surface area contributed by atoms with Crippen molar-refractivity contribution in [1.29, 1.82) is 0 Å². The minimum atomic E-state index is -4.68. The highest BCUT2D eigenvalue weighted by Gasteiger charge is 2.45. The second-order valence-electron chi connectivity index (χ2n) is 6.90. The van der Waals surface area contributed by atoms with E-state index in [4.69, 9.17) is 31.5 Å². The summed E-state index contributed by atoms with van der Waals surface area (Å²) >= 11 is 5.63. The lowest BCUT2D eigenvalue weighted by Crippen LogP contribution is -2.34. The van der Waals surface area contributed by atoms with Gasteiger partial charge in [0.05, 0.1) is 23.5 Å². The van der Waals surface area contributed by atoms with Crippen molar-refractivity contribution in [3.63, 3.8) is 0 Å². The number of halogens is 4. The third-order valence-electron chi connectivity index (χ3n) is 4.92. The molecule has 0 spiro atoms. The van der Waals surface area contributed by atoms with E-state index in [9.17, 15) is 23.4 Å². The molecule has 4 N–H and O–H groups in total. The van der Waals surface area contributed by atoms with Crippen LogP contribution in [0.1, 0.15) is 11.8 Å². The molecule has 0 bridgehead atoms. The maximum absolute atomic E-state index is 13.1. The molecule has 0 saturated carbocycles. The molecule has 2 aromatic heterocycles. The van der Waals surface area contributed by atoms with Crippen LogP contribution in [-0.2, 0) is 15.7 Å². The van der Waals surface area contributed by atoms with Gasteiger partial charge in [0.2, 0.25) is 0 Å². The number of ether oxygens (including phenoxy) is 3. The summed E-state index contributed by atoms with van der Waals surface area (Å²) in [6.45, 7) is -0.451. The van der Waals surface area contributed by atoms with Gasteiger partial charge in [-0.3, -0.25) is 4.57 Å². The highest BCUT2D eigenvalue weighted by Crippen LogP contribution is 2.38. The topological polar surface area (TPSA) is 138 Å². The van der Waals surface area contributed by atoms with Crippen LogP contribution >= 0.6 is 11.6 Å². The highest BCUT2D eigenvalue weighted by atomic mass is 35.5. The molecule has 0 amide bonds. The van der Waals surface area contributed by atoms with E-state index in [0.717, 1.165) is 6.07 Å². The summed E-state index contributed by atoms with van der Waals surface area (Å²) in [5.74, 6) is -0.311. The Kier molecular flexibility index (Phi) is 5.85. The van der Waals surface area contributed by atoms with E-state index in [0.29, 0.717) is 6.07 Å². The van der Waals surface area contributed by atoms with Crippen LogP contribution in [0.15, 0.2) is 24.5 Å². The van der Waals surface area contributed by atoms with Crippen LogP contribution in [0.4, 0.5) is 19.0 Å². The predicted octanol–water partition coefficient (Wildman–Crippen LogP) is 2.14. The fraction of sp³-hybridized carbons (Fsp3) is 0.389. The van der Waals surface area contributed by atoms with Gasteiger partial charge in [-0.2, -0.15) is 23.1 Å². The largest absolute Gasteiger partial charge is 0.424 e. The van der Waals surface area contributed by atoms with Crippen molar-refractivity contribution in [1.82, 2.24) is 19.5 Å². The lowest BCUT2D eigenvalue weighted by atomic mass is 10.1. The van der Waals surface area contributed by atoms with Gasteiger partial charge in [0.15, 0.2) is 23.2 Å². The summed E-state index contributed by atoms with van der Waals surface area (Å²) in [5.41, 5.74) is 5.13. The van der Waals surface area contributed by atoms with Crippen molar-refractivity contribution in [3.8, 4) is 11.8 Å². The number of alkyl halides is 3. The predicted molar refractivity (Wildman–Crippen MR) is 104 cm³/mol. The van der Waals surface area contributed by atoms with Crippen molar-refractivity contribution in [2.45, 2.75) is 30.7 Å². The Hall–Kier alpha value is -2.71. The fourth-order valence-electron chi connectivity index (χ4n) is 3.39. The van der Waals surface area contributed by atoms with Gasteiger partial charge in [0, 0.05) is 7.11 Å². The highest BCUT2D eigenvalue weighted by molar-refractivity contribution is 6.31. The van der Waals surface area contributed by atoms with Gasteiger partial charge < -0.3 is 30.2 Å². The third kappa shape index (κ3) is 3.93. The number of rotatable bonds is 5. The van der Waals surface area contributed by atoms with Gasteiger partial charge in [-0.05, 0) is 18.2 Å². The van der Waals surface area contributed by atoms with Crippen LogP contribution in [-0.4, -0.2) is 61.8 Å². The summed E-state index contributed by atoms with van der Waals surface area (Å²) in [6.07, 6.45) is -7.18. The van der Waals surface area contributed by atoms with E-state index in [1.54, 1.807) is 0 Å². The Morgan fingerprint density at radius 1 is 1.31 bits per heavy atom. The number of benzene rings is 1. The fourth-order valence-corrected chi connectivity index (χ4v) is 3.61. The molecule has 32 heavy (non-hydrogen) atoms. The Balaban J connectivity index is 1.72. The maximum atomic E-state index is 13.1. The van der Waals surface area contributed by atoms with Crippen molar-refractivity contribution in [2.24, 2.45) is 0 Å². The molecule has 1 fully saturated rings. The molecule has 4 rings (SSSR count). The number of methoxy groups -OCH3 is 1. The first kappa shape index (κ1) is 22.5. The number of nitrogen functional groups attached to an aromatic ring is 1. The molecule has 1 aliphatic rings. The number of nitrogens with two attached hydrogens (primary N) is 1. The Bertz CT molecular complexity index is 1140. The van der Waals surface area contributed by atoms with Crippen LogP contribution in [0, 0.1) is 0 Å². The van der Waals surface area contributed by atoms with Crippen LogP contribution < -0.4 is 10.5 Å². The minimum absolute atomic E-state index is 0.0972. The van der Waals surface area contributed by atoms with Crippen LogP contribution in [0.2, 0.25) is 5.02 Å². The Labute approximate surface area is 183 Å². The molecule has 10 nitrogen and oxygen atoms in total. The quantitative estimate of drug-likeness (QED) is 0.506. The Morgan fingerprint density at radius 3 is 2.72 bits per heavy atom. The zero-order valence-corrected chi connectivity index (χ0v) is 17.1. The second kappa shape index (κ2) is 8.33. The first-order chi connectivity index (χ1) is 15.1. The minimum Gasteiger partial charge on any atom is -0.424 e. The molecule has 1 aliphatic heterocycles. The zero-order valence-electron chi connectivity index (χ0n) is 16.3. The van der Waals surface area contributed by atoms with Gasteiger partial charge >= 0.3 is 12.2 Å². The number of nitrogens with zero attached hydrogens (tertiary/aromatic N) is 4. The van der Waals surface area contributed by atoms with E-state index in [1.807, 2.05) is 0 Å². The summed E-state index contributed by atoms with van der Waals surface area (Å²) < 4.78 is 57.1. The van der Waals surface area contributed by atoms with Crippen molar-refractivity contribution in [2.75, 3.05) is 19.5 Å². The summed E-state index contributed by atoms with van der Waals surface area (Å²) in [5, 5.41) is 19.2. The first-order valence-corrected chi connectivity index (χ1v) is 9.53. The normalized spacial score (nSPS) is 23.7. The number of anilines is 1. The number of hydrogen-bond donors (Lipinski definition) is 3. The molecule has 3 aromatic rings. The lowest BCUT2D eigenvalue weighted by molar-refractivity contribution is -0.137. The lowest BCUT2D eigenvalue weighted by Gasteiger charge is -2.20. The number of fused-ring (bicyclic) bond motifs is 1. The second-order valence-corrected chi connectivity index (χ2v) is 7.30. The third-order valence-corrected chi connectivity index (χ3v) is 5.25. The summed E-state index contributed by atoms with van der Waals surface area (Å²) in [6, 6.07) is 2.63. The van der Waals surface area contributed by atoms with Crippen LogP contribution in [0.3, 0.4) is 0 Å². The molecule has 14 heteroatoms. The van der Waals surface area contributed by atoms with Gasteiger partial charge in [-0.15, -0.1) is 0 Å². The number of hydrogen-bond acceptors (Lipinski definition) is 9. The van der Waals surface area contributed by atoms with E-state index >= 15 is 0 Å². The molecule has 0 aliphatic carbocycles. The SMILES string of the molecule is CO[C@H]1C(n2cnc3c(N)nc(Oc4ccc(Cl)c(C(F)(F)F)c4)nc32)OC(CO)[C@H]1O. The number of aromatic nitrogens is 4. The summed E-state index contributed by atoms with van der Waals surface area (Å²) in [7, 11) is 1.36. The molecule has 1 saturated heterocycles. The molecular weight excluding hydrogens is 459 g/mol. The molecule has 2 unspecified atom stereocenters. The standard InChI is InChI=1S/C18H17ClF3N5O5/c1-30-13-12(29)10(5-28)32-16(13)27-6-24-11-14(23)25-17(26-15(11)27)31-7-2-3-9(19)8(4-7)18(20,21)22/h2-4,6,10,12-13,16,28-29H,5H2,1H3,(H2,23,25,26)/t10?,12-,13-,16?/m1/s1. The van der Waals surface area contributed by atoms with Crippen molar-refractivity contribution < 1.29 is 37.6 Å². The first-order valence-electron chi connectivity index (χ1n) is 9.16. The molecular formula is C18H17ClF3N5O5. The Morgan fingerprint density at radius 2 is 2.06 bits per heavy atom. The summed E-state index contributed by atoms with van der Waals surface area (Å²) in [4.78, 5) is 12.2. The average Bonchev–Trinajstić information content (AvgIpc) is 3.29. The monoisotopic (exact) mass is 475 g/mol. The van der Waals surface area contributed by atoms with Crippen molar-refractivity contribution in [3.05, 3.63) is 35.1 Å². The number of aliphatic hydroxyl groups is 2. The van der Waals surface area contributed by atoms with Gasteiger partial charge in [-0.25, -0.2) is 4.98 Å². The van der Waals surface area contributed by atoms with E-state index in [1.165, 1.54) is 24.1 Å².